The number of aryl methyl sites for hydroxylation is 1. The van der Waals surface area contributed by atoms with E-state index in [4.69, 9.17) is 0 Å². The number of nitrogens with one attached hydrogen (secondary N) is 2. The molecular formula is C18H27N3O4. The molecule has 0 spiro atoms. The third-order valence-electron chi connectivity index (χ3n) is 4.55. The van der Waals surface area contributed by atoms with Gasteiger partial charge < -0.3 is 10.2 Å². The maximum Gasteiger partial charge on any atom is 0.320 e. The van der Waals surface area contributed by atoms with Gasteiger partial charge >= 0.3 is 5.97 Å². The van der Waals surface area contributed by atoms with Crippen LogP contribution in [0.1, 0.15) is 31.7 Å². The molecule has 0 radical (unpaired) electrons. The molecule has 1 unspecified atom stereocenters. The van der Waals surface area contributed by atoms with Crippen molar-refractivity contribution in [3.05, 3.63) is 35.9 Å². The van der Waals surface area contributed by atoms with Gasteiger partial charge in [0.2, 0.25) is 0 Å². The minimum Gasteiger partial charge on any atom is -0.480 e. The van der Waals surface area contributed by atoms with Crippen LogP contribution in [0.5, 0.6) is 0 Å². The Morgan fingerprint density at radius 1 is 1.32 bits per heavy atom. The van der Waals surface area contributed by atoms with Gasteiger partial charge in [-0.3, -0.25) is 20.3 Å². The van der Waals surface area contributed by atoms with Crippen molar-refractivity contribution in [3.8, 4) is 0 Å². The first-order valence-electron chi connectivity index (χ1n) is 8.72. The van der Waals surface area contributed by atoms with Crippen molar-refractivity contribution in [2.75, 3.05) is 13.2 Å². The monoisotopic (exact) mass is 349 g/mol. The smallest absolute Gasteiger partial charge is 0.320 e. The number of carbonyl (C=O) groups excluding carboxylic acids is 1. The van der Waals surface area contributed by atoms with Gasteiger partial charge in [0.05, 0.1) is 18.7 Å². The largest absolute Gasteiger partial charge is 0.480 e. The van der Waals surface area contributed by atoms with E-state index in [-0.39, 0.29) is 18.6 Å². The predicted octanol–water partition coefficient (Wildman–Crippen LogP) is 0.538. The van der Waals surface area contributed by atoms with Gasteiger partial charge in [-0.25, -0.2) is 5.01 Å². The molecule has 1 heterocycles. The Morgan fingerprint density at radius 2 is 2.04 bits per heavy atom. The first-order valence-corrected chi connectivity index (χ1v) is 8.72. The van der Waals surface area contributed by atoms with Crippen LogP contribution < -0.4 is 10.7 Å². The van der Waals surface area contributed by atoms with Gasteiger partial charge in [-0.05, 0) is 38.2 Å². The zero-order valence-corrected chi connectivity index (χ0v) is 14.5. The van der Waals surface area contributed by atoms with Crippen molar-refractivity contribution < 1.29 is 19.8 Å². The highest BCUT2D eigenvalue weighted by molar-refractivity contribution is 5.82. The molecule has 1 aromatic carbocycles. The molecule has 7 heteroatoms. The van der Waals surface area contributed by atoms with E-state index in [0.29, 0.717) is 19.4 Å². The van der Waals surface area contributed by atoms with Gasteiger partial charge in [0.1, 0.15) is 6.04 Å². The molecule has 1 aliphatic rings. The van der Waals surface area contributed by atoms with Crippen molar-refractivity contribution in [2.45, 2.75) is 50.7 Å². The third kappa shape index (κ3) is 5.81. The summed E-state index contributed by atoms with van der Waals surface area (Å²) < 4.78 is 0. The third-order valence-corrected chi connectivity index (χ3v) is 4.55. The van der Waals surface area contributed by atoms with Crippen LogP contribution in [0, 0.1) is 0 Å². The highest BCUT2D eigenvalue weighted by atomic mass is 16.4. The summed E-state index contributed by atoms with van der Waals surface area (Å²) in [6.45, 7) is 2.34. The van der Waals surface area contributed by atoms with Crippen LogP contribution >= 0.6 is 0 Å². The second-order valence-electron chi connectivity index (χ2n) is 6.45. The standard InChI is InChI=1S/C18H27N3O4/c1-13(17(23)20-21-11-5-8-15(21)12-22)19-16(18(24)25)10-9-14-6-3-2-4-7-14/h2-4,6-7,13,15-16,19,22H,5,8-12H2,1H3,(H,20,23)(H,24,25)/t13-,15?,16-/m0/s1. The number of aliphatic hydroxyl groups is 1. The van der Waals surface area contributed by atoms with Crippen LogP contribution in [0.2, 0.25) is 0 Å². The summed E-state index contributed by atoms with van der Waals surface area (Å²) in [5.74, 6) is -1.25. The fourth-order valence-corrected chi connectivity index (χ4v) is 3.02. The lowest BCUT2D eigenvalue weighted by Gasteiger charge is -2.26. The van der Waals surface area contributed by atoms with Gasteiger partial charge in [0, 0.05) is 6.54 Å². The van der Waals surface area contributed by atoms with Gasteiger partial charge in [0.25, 0.3) is 5.91 Å². The highest BCUT2D eigenvalue weighted by Crippen LogP contribution is 2.14. The molecule has 7 nitrogen and oxygen atoms in total. The number of carbonyl (C=O) groups is 2. The lowest BCUT2D eigenvalue weighted by atomic mass is 10.0. The average molecular weight is 349 g/mol. The van der Waals surface area contributed by atoms with E-state index in [1.54, 1.807) is 11.9 Å². The predicted molar refractivity (Wildman–Crippen MR) is 93.7 cm³/mol. The zero-order valence-electron chi connectivity index (χ0n) is 14.5. The first kappa shape index (κ1) is 19.4. The van der Waals surface area contributed by atoms with Gasteiger partial charge in [-0.2, -0.15) is 0 Å². The second-order valence-corrected chi connectivity index (χ2v) is 6.45. The topological polar surface area (TPSA) is 102 Å². The molecule has 2 rings (SSSR count). The number of aliphatic carboxylic acids is 1. The minimum absolute atomic E-state index is 0.00306. The second kappa shape index (κ2) is 9.50. The maximum absolute atomic E-state index is 12.3. The number of carboxylic acids is 1. The number of rotatable bonds is 9. The highest BCUT2D eigenvalue weighted by Gasteiger charge is 2.28. The summed E-state index contributed by atoms with van der Waals surface area (Å²) in [7, 11) is 0. The molecular weight excluding hydrogens is 322 g/mol. The van der Waals surface area contributed by atoms with E-state index in [0.717, 1.165) is 18.4 Å². The van der Waals surface area contributed by atoms with Crippen LogP contribution in [-0.4, -0.2) is 58.4 Å². The Labute approximate surface area is 148 Å². The lowest BCUT2D eigenvalue weighted by Crippen LogP contribution is -2.55. The maximum atomic E-state index is 12.3. The van der Waals surface area contributed by atoms with E-state index >= 15 is 0 Å². The molecule has 1 aromatic rings. The van der Waals surface area contributed by atoms with Crippen LogP contribution in [0.4, 0.5) is 0 Å². The Bertz CT molecular complexity index is 567. The summed E-state index contributed by atoms with van der Waals surface area (Å²) in [4.78, 5) is 23.8. The number of hydrogen-bond acceptors (Lipinski definition) is 5. The Kier molecular flexibility index (Phi) is 7.36. The van der Waals surface area contributed by atoms with Crippen LogP contribution in [0.3, 0.4) is 0 Å². The SMILES string of the molecule is C[C@H](N[C@@H](CCc1ccccc1)C(=O)O)C(=O)NN1CCCC1CO. The molecule has 1 saturated heterocycles. The number of aliphatic hydroxyl groups excluding tert-OH is 1. The molecule has 4 N–H and O–H groups in total. The molecule has 0 aromatic heterocycles. The van der Waals surface area contributed by atoms with Crippen molar-refractivity contribution in [1.82, 2.24) is 15.8 Å². The molecule has 3 atom stereocenters. The number of hydrogen-bond donors (Lipinski definition) is 4. The lowest BCUT2D eigenvalue weighted by molar-refractivity contribution is -0.140. The number of hydrazine groups is 1. The van der Waals surface area contributed by atoms with Crippen LogP contribution in [0.15, 0.2) is 30.3 Å². The summed E-state index contributed by atoms with van der Waals surface area (Å²) in [6.07, 6.45) is 2.79. The Balaban J connectivity index is 1.85. The van der Waals surface area contributed by atoms with Crippen molar-refractivity contribution >= 4 is 11.9 Å². The van der Waals surface area contributed by atoms with Crippen molar-refractivity contribution in [2.24, 2.45) is 0 Å². The number of amides is 1. The fraction of sp³-hybridized carbons (Fsp3) is 0.556. The molecule has 1 amide bonds. The molecule has 0 bridgehead atoms. The fourth-order valence-electron chi connectivity index (χ4n) is 3.02. The molecule has 1 aliphatic heterocycles. The number of nitrogens with zero attached hydrogens (tertiary/aromatic N) is 1. The van der Waals surface area contributed by atoms with E-state index < -0.39 is 18.1 Å². The normalized spacial score (nSPS) is 20.2. The quantitative estimate of drug-likeness (QED) is 0.519. The Morgan fingerprint density at radius 3 is 2.68 bits per heavy atom. The van der Waals surface area contributed by atoms with Crippen molar-refractivity contribution in [1.29, 1.82) is 0 Å². The van der Waals surface area contributed by atoms with Crippen LogP contribution in [-0.2, 0) is 16.0 Å². The van der Waals surface area contributed by atoms with Crippen LogP contribution in [0.25, 0.3) is 0 Å². The summed E-state index contributed by atoms with van der Waals surface area (Å²) in [5.41, 5.74) is 3.84. The molecule has 25 heavy (non-hydrogen) atoms. The minimum atomic E-state index is -0.968. The first-order chi connectivity index (χ1) is 12.0. The molecule has 1 fully saturated rings. The molecule has 0 saturated carbocycles. The van der Waals surface area contributed by atoms with Gasteiger partial charge in [0.15, 0.2) is 0 Å². The van der Waals surface area contributed by atoms with Crippen molar-refractivity contribution in [3.63, 3.8) is 0 Å². The average Bonchev–Trinajstić information content (AvgIpc) is 3.06. The molecule has 138 valence electrons. The summed E-state index contributed by atoms with van der Waals surface area (Å²) in [5, 5.41) is 23.3. The number of benzene rings is 1. The number of carboxylic acid groups (broad SMARTS) is 1. The van der Waals surface area contributed by atoms with Gasteiger partial charge in [-0.15, -0.1) is 0 Å². The van der Waals surface area contributed by atoms with E-state index in [2.05, 4.69) is 10.7 Å². The summed E-state index contributed by atoms with van der Waals surface area (Å²) in [6, 6.07) is 8.16. The van der Waals surface area contributed by atoms with Gasteiger partial charge in [-0.1, -0.05) is 30.3 Å². The van der Waals surface area contributed by atoms with E-state index in [1.165, 1.54) is 0 Å². The van der Waals surface area contributed by atoms with E-state index in [1.807, 2.05) is 30.3 Å². The molecule has 0 aliphatic carbocycles. The zero-order chi connectivity index (χ0) is 18.2. The Hall–Kier alpha value is -1.96. The van der Waals surface area contributed by atoms with E-state index in [9.17, 15) is 19.8 Å². The summed E-state index contributed by atoms with van der Waals surface area (Å²) >= 11 is 0.